The molecule has 0 N–H and O–H groups in total. The van der Waals surface area contributed by atoms with Crippen LogP contribution in [0.2, 0.25) is 0 Å². The second-order valence-electron chi connectivity index (χ2n) is 14.0. The molecule has 4 heteroatoms. The molecular weight excluding hydrogens is 695 g/mol. The number of ether oxygens (including phenoxy) is 1. The fourth-order valence-electron chi connectivity index (χ4n) is 7.97. The molecule has 0 heterocycles. The van der Waals surface area contributed by atoms with Gasteiger partial charge >= 0.3 is 0 Å². The summed E-state index contributed by atoms with van der Waals surface area (Å²) in [6.07, 6.45) is 0. The minimum atomic E-state index is -0.442. The molecule has 272 valence electrons. The first-order chi connectivity index (χ1) is 28.2. The standard InChI is InChI=1S/C53H39N3O/c1-54-51(40-18-8-3-9-19-40)56-52(55-37-38-16-6-2-7-17-38)41-28-33-46(34-29-41)57-45-31-26-39(27-32-45)42-30-35-48-47-24-14-15-25-49(47)53(50(48)36-42,43-20-10-4-11-21-43)44-22-12-5-13-23-44/h2-36H,1,37H2/b55-52-,56-51-. The SMILES string of the molecule is C=N/C(=N\C(=N/Cc1ccccc1)c1ccc(Oc2ccc(-c3ccc4c(c3)C(c3ccccc3)(c3ccccc3)c3ccccc3-4)cc2)cc1)c1ccccc1. The van der Waals surface area contributed by atoms with Gasteiger partial charge < -0.3 is 4.74 Å². The Bertz CT molecular complexity index is 2670. The molecule has 1 aliphatic rings. The molecular formula is C53H39N3O. The van der Waals surface area contributed by atoms with Gasteiger partial charge in [0, 0.05) is 11.1 Å². The predicted octanol–water partition coefficient (Wildman–Crippen LogP) is 12.6. The zero-order valence-corrected chi connectivity index (χ0v) is 31.4. The normalized spacial score (nSPS) is 13.1. The lowest BCUT2D eigenvalue weighted by Gasteiger charge is -2.34. The van der Waals surface area contributed by atoms with Gasteiger partial charge in [0.2, 0.25) is 0 Å². The summed E-state index contributed by atoms with van der Waals surface area (Å²) in [5.74, 6) is 2.55. The van der Waals surface area contributed by atoms with Crippen LogP contribution in [0, 0.1) is 0 Å². The smallest absolute Gasteiger partial charge is 0.161 e. The molecule has 0 radical (unpaired) electrons. The van der Waals surface area contributed by atoms with Crippen LogP contribution in [0.3, 0.4) is 0 Å². The highest BCUT2D eigenvalue weighted by Crippen LogP contribution is 2.56. The summed E-state index contributed by atoms with van der Waals surface area (Å²) in [5.41, 5.74) is 12.3. The van der Waals surface area contributed by atoms with Gasteiger partial charge in [-0.05, 0) is 99.3 Å². The number of aliphatic imine (C=N–C) groups is 3. The first kappa shape index (κ1) is 35.3. The van der Waals surface area contributed by atoms with Crippen molar-refractivity contribution in [1.29, 1.82) is 0 Å². The summed E-state index contributed by atoms with van der Waals surface area (Å²) in [5, 5.41) is 0. The number of amidine groups is 2. The minimum absolute atomic E-state index is 0.442. The summed E-state index contributed by atoms with van der Waals surface area (Å²) in [6.45, 7) is 4.27. The van der Waals surface area contributed by atoms with Crippen LogP contribution in [0.25, 0.3) is 22.3 Å². The van der Waals surface area contributed by atoms with E-state index in [1.54, 1.807) is 0 Å². The molecule has 0 spiro atoms. The van der Waals surface area contributed by atoms with Gasteiger partial charge in [-0.25, -0.2) is 9.98 Å². The Hall–Kier alpha value is -7.43. The van der Waals surface area contributed by atoms with E-state index >= 15 is 0 Å². The lowest BCUT2D eigenvalue weighted by molar-refractivity contribution is 0.483. The third kappa shape index (κ3) is 6.90. The van der Waals surface area contributed by atoms with Gasteiger partial charge in [-0.15, -0.1) is 0 Å². The Morgan fingerprint density at radius 3 is 1.60 bits per heavy atom. The minimum Gasteiger partial charge on any atom is -0.457 e. The summed E-state index contributed by atoms with van der Waals surface area (Å²) < 4.78 is 6.37. The van der Waals surface area contributed by atoms with E-state index < -0.39 is 5.41 Å². The molecule has 8 aromatic rings. The van der Waals surface area contributed by atoms with Crippen LogP contribution in [0.5, 0.6) is 11.5 Å². The molecule has 0 saturated heterocycles. The van der Waals surface area contributed by atoms with E-state index in [2.05, 4.69) is 139 Å². The number of hydrogen-bond donors (Lipinski definition) is 0. The molecule has 1 aliphatic carbocycles. The van der Waals surface area contributed by atoms with Gasteiger partial charge in [-0.3, -0.25) is 4.99 Å². The highest BCUT2D eigenvalue weighted by Gasteiger charge is 2.46. The van der Waals surface area contributed by atoms with E-state index in [-0.39, 0.29) is 0 Å². The Morgan fingerprint density at radius 2 is 0.965 bits per heavy atom. The average molecular weight is 734 g/mol. The molecule has 0 fully saturated rings. The van der Waals surface area contributed by atoms with E-state index in [0.717, 1.165) is 33.6 Å². The molecule has 9 rings (SSSR count). The maximum Gasteiger partial charge on any atom is 0.161 e. The van der Waals surface area contributed by atoms with Crippen molar-refractivity contribution in [2.75, 3.05) is 0 Å². The summed E-state index contributed by atoms with van der Waals surface area (Å²) in [6, 6.07) is 73.7. The lowest BCUT2D eigenvalue weighted by Crippen LogP contribution is -2.28. The summed E-state index contributed by atoms with van der Waals surface area (Å²) in [4.78, 5) is 14.0. The van der Waals surface area contributed by atoms with Crippen molar-refractivity contribution >= 4 is 18.4 Å². The summed E-state index contributed by atoms with van der Waals surface area (Å²) in [7, 11) is 0. The van der Waals surface area contributed by atoms with Crippen LogP contribution in [-0.2, 0) is 12.0 Å². The van der Waals surface area contributed by atoms with Crippen LogP contribution in [0.4, 0.5) is 0 Å². The third-order valence-corrected chi connectivity index (χ3v) is 10.6. The van der Waals surface area contributed by atoms with Crippen molar-refractivity contribution in [3.63, 3.8) is 0 Å². The van der Waals surface area contributed by atoms with Crippen molar-refractivity contribution in [2.45, 2.75) is 12.0 Å². The monoisotopic (exact) mass is 733 g/mol. The predicted molar refractivity (Wildman–Crippen MR) is 235 cm³/mol. The maximum absolute atomic E-state index is 6.37. The molecule has 0 unspecified atom stereocenters. The second-order valence-corrected chi connectivity index (χ2v) is 14.0. The fourth-order valence-corrected chi connectivity index (χ4v) is 7.97. The van der Waals surface area contributed by atoms with Gasteiger partial charge in [0.25, 0.3) is 0 Å². The topological polar surface area (TPSA) is 46.3 Å². The van der Waals surface area contributed by atoms with Crippen LogP contribution in [0.15, 0.2) is 227 Å². The van der Waals surface area contributed by atoms with E-state index in [9.17, 15) is 0 Å². The number of hydrogen-bond acceptors (Lipinski definition) is 2. The van der Waals surface area contributed by atoms with Crippen molar-refractivity contribution in [3.05, 3.63) is 251 Å². The van der Waals surface area contributed by atoms with E-state index in [4.69, 9.17) is 14.7 Å². The number of benzene rings is 8. The molecule has 0 aromatic heterocycles. The zero-order chi connectivity index (χ0) is 38.4. The maximum atomic E-state index is 6.37. The molecule has 0 atom stereocenters. The van der Waals surface area contributed by atoms with Gasteiger partial charge in [-0.2, -0.15) is 0 Å². The van der Waals surface area contributed by atoms with Crippen LogP contribution in [-0.4, -0.2) is 18.4 Å². The van der Waals surface area contributed by atoms with E-state index in [1.165, 1.54) is 33.4 Å². The Kier molecular flexibility index (Phi) is 9.74. The summed E-state index contributed by atoms with van der Waals surface area (Å²) >= 11 is 0. The van der Waals surface area contributed by atoms with Gasteiger partial charge in [0.05, 0.1) is 12.0 Å². The van der Waals surface area contributed by atoms with Crippen molar-refractivity contribution in [2.24, 2.45) is 15.0 Å². The molecule has 0 bridgehead atoms. The Balaban J connectivity index is 1.01. The molecule has 4 nitrogen and oxygen atoms in total. The van der Waals surface area contributed by atoms with Crippen molar-refractivity contribution in [1.82, 2.24) is 0 Å². The first-order valence-corrected chi connectivity index (χ1v) is 19.1. The van der Waals surface area contributed by atoms with E-state index in [0.29, 0.717) is 24.0 Å². The van der Waals surface area contributed by atoms with E-state index in [1.807, 2.05) is 84.9 Å². The molecule has 57 heavy (non-hydrogen) atoms. The van der Waals surface area contributed by atoms with Gasteiger partial charge in [0.1, 0.15) is 11.5 Å². The number of fused-ring (bicyclic) bond motifs is 3. The zero-order valence-electron chi connectivity index (χ0n) is 31.4. The third-order valence-electron chi connectivity index (χ3n) is 10.6. The quantitative estimate of drug-likeness (QED) is 0.108. The second kappa shape index (κ2) is 15.7. The Labute approximate surface area is 333 Å². The molecule has 0 saturated carbocycles. The highest BCUT2D eigenvalue weighted by atomic mass is 16.5. The Morgan fingerprint density at radius 1 is 0.456 bits per heavy atom. The lowest BCUT2D eigenvalue weighted by atomic mass is 9.67. The molecule has 0 amide bonds. The first-order valence-electron chi connectivity index (χ1n) is 19.1. The van der Waals surface area contributed by atoms with Crippen LogP contribution in [0.1, 0.15) is 38.9 Å². The number of nitrogens with zero attached hydrogens (tertiary/aromatic N) is 3. The largest absolute Gasteiger partial charge is 0.457 e. The van der Waals surface area contributed by atoms with Crippen LogP contribution < -0.4 is 4.74 Å². The van der Waals surface area contributed by atoms with Gasteiger partial charge in [0.15, 0.2) is 11.7 Å². The van der Waals surface area contributed by atoms with Gasteiger partial charge in [-0.1, -0.05) is 170 Å². The highest BCUT2D eigenvalue weighted by molar-refractivity contribution is 6.12. The van der Waals surface area contributed by atoms with Crippen molar-refractivity contribution < 1.29 is 4.74 Å². The van der Waals surface area contributed by atoms with Crippen LogP contribution >= 0.6 is 0 Å². The van der Waals surface area contributed by atoms with Crippen molar-refractivity contribution in [3.8, 4) is 33.8 Å². The number of rotatable bonds is 9. The fraction of sp³-hybridized carbons (Fsp3) is 0.0377. The molecule has 0 aliphatic heterocycles. The molecule has 8 aromatic carbocycles. The average Bonchev–Trinajstić information content (AvgIpc) is 3.59.